The molecule has 0 saturated carbocycles. The number of esters is 2. The van der Waals surface area contributed by atoms with Crippen LogP contribution in [0.25, 0.3) is 11.1 Å². The van der Waals surface area contributed by atoms with E-state index in [-0.39, 0.29) is 23.9 Å². The molecule has 5 heteroatoms. The minimum atomic E-state index is -0.368. The number of halogens is 1. The van der Waals surface area contributed by atoms with Gasteiger partial charge in [0.05, 0.1) is 10.9 Å². The van der Waals surface area contributed by atoms with Gasteiger partial charge in [-0.3, -0.25) is 4.79 Å². The third kappa shape index (κ3) is 16.3. The van der Waals surface area contributed by atoms with Crippen molar-refractivity contribution in [3.63, 3.8) is 0 Å². The smallest absolute Gasteiger partial charge is 0.338 e. The maximum Gasteiger partial charge on any atom is 0.338 e. The number of carbonyl (C=O) groups excluding carboxylic acids is 2. The van der Waals surface area contributed by atoms with Gasteiger partial charge in [0.25, 0.3) is 0 Å². The number of carbonyl (C=O) groups is 2. The Hall–Kier alpha value is -2.33. The first kappa shape index (κ1) is 35.9. The fraction of sp³-hybridized carbons (Fsp3) is 0.622. The number of alkyl halides is 1. The Bertz CT molecular complexity index is 984. The fourth-order valence-corrected chi connectivity index (χ4v) is 5.59. The van der Waals surface area contributed by atoms with E-state index in [1.54, 1.807) is 12.1 Å². The van der Waals surface area contributed by atoms with Gasteiger partial charge in [0.1, 0.15) is 12.4 Å². The van der Waals surface area contributed by atoms with E-state index in [0.29, 0.717) is 23.7 Å². The van der Waals surface area contributed by atoms with Crippen LogP contribution in [0.2, 0.25) is 0 Å². The van der Waals surface area contributed by atoms with Crippen LogP contribution in [0.3, 0.4) is 0 Å². The molecule has 0 N–H and O–H groups in total. The number of rotatable bonds is 23. The van der Waals surface area contributed by atoms with Crippen molar-refractivity contribution < 1.29 is 19.1 Å². The molecular weight excluding hydrogens is 544 g/mol. The van der Waals surface area contributed by atoms with Crippen LogP contribution in [0, 0.1) is 5.92 Å². The first-order valence-corrected chi connectivity index (χ1v) is 17.0. The molecule has 0 aliphatic heterocycles. The van der Waals surface area contributed by atoms with Gasteiger partial charge >= 0.3 is 11.9 Å². The molecule has 1 unspecified atom stereocenters. The second kappa shape index (κ2) is 22.2. The van der Waals surface area contributed by atoms with Gasteiger partial charge in [-0.2, -0.15) is 0 Å². The van der Waals surface area contributed by atoms with Crippen LogP contribution in [0.4, 0.5) is 0 Å². The standard InChI is InChI=1S/C37H55ClO4/c1-4-5-6-7-8-9-10-11-12-13-14-15-16-17-18-19-36(39)42-35-26-24-32(25-27-35)31-20-22-33(23-21-31)37(40)41-29-34(38)28-30(2)3/h20-27,30,34H,4-19,28-29H2,1-3H3. The van der Waals surface area contributed by atoms with Crippen molar-refractivity contribution in [2.45, 2.75) is 135 Å². The van der Waals surface area contributed by atoms with Crippen molar-refractivity contribution in [1.82, 2.24) is 0 Å². The van der Waals surface area contributed by atoms with E-state index in [4.69, 9.17) is 21.1 Å². The maximum atomic E-state index is 12.3. The Morgan fingerprint density at radius 1 is 0.667 bits per heavy atom. The molecule has 234 valence electrons. The largest absolute Gasteiger partial charge is 0.461 e. The lowest BCUT2D eigenvalue weighted by Crippen LogP contribution is -2.16. The first-order valence-electron chi connectivity index (χ1n) is 16.6. The Labute approximate surface area is 260 Å². The molecule has 0 aliphatic carbocycles. The highest BCUT2D eigenvalue weighted by Crippen LogP contribution is 2.24. The topological polar surface area (TPSA) is 52.6 Å². The van der Waals surface area contributed by atoms with Crippen molar-refractivity contribution in [2.24, 2.45) is 5.92 Å². The molecule has 0 saturated heterocycles. The molecule has 2 aromatic rings. The van der Waals surface area contributed by atoms with E-state index in [1.165, 1.54) is 83.5 Å². The normalized spacial score (nSPS) is 11.9. The summed E-state index contributed by atoms with van der Waals surface area (Å²) in [6.45, 7) is 6.66. The fourth-order valence-electron chi connectivity index (χ4n) is 5.17. The van der Waals surface area contributed by atoms with Gasteiger partial charge < -0.3 is 9.47 Å². The first-order chi connectivity index (χ1) is 20.4. The number of hydrogen-bond acceptors (Lipinski definition) is 4. The van der Waals surface area contributed by atoms with Crippen molar-refractivity contribution in [2.75, 3.05) is 6.61 Å². The summed E-state index contributed by atoms with van der Waals surface area (Å²) in [4.78, 5) is 24.6. The van der Waals surface area contributed by atoms with Crippen LogP contribution in [0.1, 0.15) is 140 Å². The number of ether oxygens (including phenoxy) is 2. The third-order valence-electron chi connectivity index (χ3n) is 7.65. The molecule has 4 nitrogen and oxygen atoms in total. The van der Waals surface area contributed by atoms with Gasteiger partial charge in [-0.05, 0) is 54.2 Å². The van der Waals surface area contributed by atoms with Gasteiger partial charge in [0, 0.05) is 6.42 Å². The third-order valence-corrected chi connectivity index (χ3v) is 7.95. The van der Waals surface area contributed by atoms with E-state index in [9.17, 15) is 9.59 Å². The highest BCUT2D eigenvalue weighted by molar-refractivity contribution is 6.20. The lowest BCUT2D eigenvalue weighted by atomic mass is 10.0. The summed E-state index contributed by atoms with van der Waals surface area (Å²) in [5.41, 5.74) is 2.45. The Morgan fingerprint density at radius 2 is 1.12 bits per heavy atom. The summed E-state index contributed by atoms with van der Waals surface area (Å²) in [5, 5.41) is -0.176. The highest BCUT2D eigenvalue weighted by Gasteiger charge is 2.13. The van der Waals surface area contributed by atoms with Gasteiger partial charge in [-0.15, -0.1) is 11.6 Å². The SMILES string of the molecule is CCCCCCCCCCCCCCCCCC(=O)Oc1ccc(-c2ccc(C(=O)OCC(Cl)CC(C)C)cc2)cc1. The average molecular weight is 599 g/mol. The molecule has 2 aromatic carbocycles. The summed E-state index contributed by atoms with van der Waals surface area (Å²) in [6.07, 6.45) is 20.9. The molecular formula is C37H55ClO4. The molecule has 0 fully saturated rings. The van der Waals surface area contributed by atoms with Crippen molar-refractivity contribution in [1.29, 1.82) is 0 Å². The van der Waals surface area contributed by atoms with Crippen molar-refractivity contribution >= 4 is 23.5 Å². The van der Waals surface area contributed by atoms with Crippen molar-refractivity contribution in [3.05, 3.63) is 54.1 Å². The quantitative estimate of drug-likeness (QED) is 0.0552. The zero-order chi connectivity index (χ0) is 30.4. The second-order valence-corrected chi connectivity index (χ2v) is 12.7. The molecule has 1 atom stereocenters. The molecule has 0 heterocycles. The minimum absolute atomic E-state index is 0.173. The number of benzene rings is 2. The average Bonchev–Trinajstić information content (AvgIpc) is 2.98. The Balaban J connectivity index is 1.55. The Morgan fingerprint density at radius 3 is 1.60 bits per heavy atom. The predicted octanol–water partition coefficient (Wildman–Crippen LogP) is 11.3. The summed E-state index contributed by atoms with van der Waals surface area (Å²) >= 11 is 6.23. The lowest BCUT2D eigenvalue weighted by molar-refractivity contribution is -0.134. The van der Waals surface area contributed by atoms with Crippen LogP contribution >= 0.6 is 11.6 Å². The molecule has 0 aliphatic rings. The molecule has 42 heavy (non-hydrogen) atoms. The molecule has 0 aromatic heterocycles. The molecule has 0 bridgehead atoms. The number of unbranched alkanes of at least 4 members (excludes halogenated alkanes) is 14. The van der Waals surface area contributed by atoms with Crippen LogP contribution in [-0.4, -0.2) is 23.9 Å². The molecule has 0 amide bonds. The van der Waals surface area contributed by atoms with Gasteiger partial charge in [0.2, 0.25) is 0 Å². The molecule has 2 rings (SSSR count). The van der Waals surface area contributed by atoms with E-state index >= 15 is 0 Å². The summed E-state index contributed by atoms with van der Waals surface area (Å²) < 4.78 is 10.9. The van der Waals surface area contributed by atoms with E-state index < -0.39 is 0 Å². The Kier molecular flexibility index (Phi) is 19.0. The van der Waals surface area contributed by atoms with Crippen LogP contribution in [0.5, 0.6) is 5.75 Å². The van der Waals surface area contributed by atoms with E-state index in [2.05, 4.69) is 20.8 Å². The lowest BCUT2D eigenvalue weighted by Gasteiger charge is -2.12. The summed E-state index contributed by atoms with van der Waals surface area (Å²) in [6, 6.07) is 14.8. The summed E-state index contributed by atoms with van der Waals surface area (Å²) in [5.74, 6) is 0.473. The second-order valence-electron chi connectivity index (χ2n) is 12.1. The zero-order valence-electron chi connectivity index (χ0n) is 26.5. The van der Waals surface area contributed by atoms with Gasteiger partial charge in [-0.1, -0.05) is 135 Å². The highest BCUT2D eigenvalue weighted by atomic mass is 35.5. The predicted molar refractivity (Wildman–Crippen MR) is 176 cm³/mol. The van der Waals surface area contributed by atoms with Crippen LogP contribution < -0.4 is 4.74 Å². The van der Waals surface area contributed by atoms with Crippen LogP contribution in [-0.2, 0) is 9.53 Å². The van der Waals surface area contributed by atoms with Crippen LogP contribution in [0.15, 0.2) is 48.5 Å². The summed E-state index contributed by atoms with van der Waals surface area (Å²) in [7, 11) is 0. The molecule has 0 spiro atoms. The van der Waals surface area contributed by atoms with E-state index in [0.717, 1.165) is 30.4 Å². The minimum Gasteiger partial charge on any atom is -0.461 e. The van der Waals surface area contributed by atoms with E-state index in [1.807, 2.05) is 36.4 Å². The van der Waals surface area contributed by atoms with Gasteiger partial charge in [-0.25, -0.2) is 4.79 Å². The zero-order valence-corrected chi connectivity index (χ0v) is 27.3. The monoisotopic (exact) mass is 598 g/mol. The molecule has 0 radical (unpaired) electrons. The van der Waals surface area contributed by atoms with Gasteiger partial charge in [0.15, 0.2) is 0 Å². The number of hydrogen-bond donors (Lipinski definition) is 0. The maximum absolute atomic E-state index is 12.3. The van der Waals surface area contributed by atoms with Crippen molar-refractivity contribution in [3.8, 4) is 16.9 Å².